The molecule has 1 aliphatic rings. The van der Waals surface area contributed by atoms with Gasteiger partial charge in [-0.2, -0.15) is 0 Å². The van der Waals surface area contributed by atoms with Crippen molar-refractivity contribution in [2.75, 3.05) is 7.11 Å². The molecule has 168 valence electrons. The molecule has 0 bridgehead atoms. The Morgan fingerprint density at radius 3 is 1.91 bits per heavy atom. The van der Waals surface area contributed by atoms with Gasteiger partial charge in [0.2, 0.25) is 6.29 Å². The summed E-state index contributed by atoms with van der Waals surface area (Å²) in [6.07, 6.45) is -0.393. The maximum atomic E-state index is 6.34. The average Bonchev–Trinajstić information content (AvgIpc) is 2.84. The van der Waals surface area contributed by atoms with Crippen molar-refractivity contribution in [3.63, 3.8) is 0 Å². The molecule has 2 unspecified atom stereocenters. The molecule has 0 aromatic heterocycles. The molecule has 4 rings (SSSR count). The van der Waals surface area contributed by atoms with E-state index >= 15 is 0 Å². The topological polar surface area (TPSA) is 46.2 Å². The van der Waals surface area contributed by atoms with Crippen LogP contribution in [0.4, 0.5) is 0 Å². The zero-order valence-electron chi connectivity index (χ0n) is 18.6. The largest absolute Gasteiger partial charge is 0.497 e. The van der Waals surface area contributed by atoms with Crippen LogP contribution in [-0.2, 0) is 27.4 Å². The van der Waals surface area contributed by atoms with Gasteiger partial charge in [0, 0.05) is 6.42 Å². The number of hydrogen-bond acceptors (Lipinski definition) is 5. The third kappa shape index (κ3) is 6.10. The molecule has 0 spiro atoms. The lowest BCUT2D eigenvalue weighted by Gasteiger charge is -2.40. The zero-order chi connectivity index (χ0) is 22.2. The molecule has 0 amide bonds. The van der Waals surface area contributed by atoms with Crippen molar-refractivity contribution < 1.29 is 23.7 Å². The van der Waals surface area contributed by atoms with Crippen LogP contribution in [0.2, 0.25) is 0 Å². The quantitative estimate of drug-likeness (QED) is 0.452. The highest BCUT2D eigenvalue weighted by Crippen LogP contribution is 2.29. The van der Waals surface area contributed by atoms with Crippen LogP contribution in [0.1, 0.15) is 24.5 Å². The van der Waals surface area contributed by atoms with Gasteiger partial charge in [-0.25, -0.2) is 0 Å². The van der Waals surface area contributed by atoms with Gasteiger partial charge in [0.1, 0.15) is 17.6 Å². The highest BCUT2D eigenvalue weighted by atomic mass is 16.7. The van der Waals surface area contributed by atoms with Crippen LogP contribution < -0.4 is 9.47 Å². The summed E-state index contributed by atoms with van der Waals surface area (Å²) in [4.78, 5) is 0. The normalized spacial score (nSPS) is 22.9. The summed E-state index contributed by atoms with van der Waals surface area (Å²) in [6.45, 7) is 3.03. The van der Waals surface area contributed by atoms with Crippen LogP contribution in [0, 0.1) is 0 Å². The molecule has 0 aliphatic carbocycles. The summed E-state index contributed by atoms with van der Waals surface area (Å²) in [5.74, 6) is 1.52. The molecule has 1 heterocycles. The van der Waals surface area contributed by atoms with Gasteiger partial charge < -0.3 is 23.7 Å². The molecule has 3 aromatic carbocycles. The van der Waals surface area contributed by atoms with E-state index in [2.05, 4.69) is 24.3 Å². The lowest BCUT2D eigenvalue weighted by molar-refractivity contribution is -0.243. The van der Waals surface area contributed by atoms with Crippen molar-refractivity contribution in [1.29, 1.82) is 0 Å². The Kier molecular flexibility index (Phi) is 7.77. The summed E-state index contributed by atoms with van der Waals surface area (Å²) in [7, 11) is 1.64. The molecule has 1 fully saturated rings. The Hall–Kier alpha value is -2.86. The summed E-state index contributed by atoms with van der Waals surface area (Å²) in [5, 5.41) is 0. The minimum absolute atomic E-state index is 0.161. The number of hydrogen-bond donors (Lipinski definition) is 0. The van der Waals surface area contributed by atoms with Gasteiger partial charge in [-0.05, 0) is 42.3 Å². The molecule has 5 heteroatoms. The first-order chi connectivity index (χ1) is 15.7. The Balaban J connectivity index is 1.43. The summed E-state index contributed by atoms with van der Waals surface area (Å²) in [5.41, 5.74) is 2.25. The van der Waals surface area contributed by atoms with Crippen molar-refractivity contribution in [2.45, 2.75) is 51.2 Å². The standard InChI is InChI=1S/C27H30O5/c1-20-27(30-19-22-11-7-4-8-12-22)25(29-18-21-9-5-3-6-10-21)17-26(31-20)32-24-15-13-23(28-2)14-16-24/h3-16,20,25-27H,17-19H2,1-2H3/t20?,25-,26-,27?/m1/s1. The second-order valence-electron chi connectivity index (χ2n) is 7.90. The highest BCUT2D eigenvalue weighted by Gasteiger charge is 2.39. The Morgan fingerprint density at radius 2 is 1.31 bits per heavy atom. The van der Waals surface area contributed by atoms with E-state index in [1.807, 2.05) is 67.6 Å². The predicted octanol–water partition coefficient (Wildman–Crippen LogP) is 5.38. The third-order valence-electron chi connectivity index (χ3n) is 5.54. The minimum atomic E-state index is -0.421. The van der Waals surface area contributed by atoms with Crippen molar-refractivity contribution in [2.24, 2.45) is 0 Å². The van der Waals surface area contributed by atoms with Crippen LogP contribution >= 0.6 is 0 Å². The SMILES string of the molecule is COc1ccc(O[C@@H]2C[C@@H](OCc3ccccc3)C(OCc3ccccc3)C(C)O2)cc1. The molecule has 1 aliphatic heterocycles. The van der Waals surface area contributed by atoms with Crippen LogP contribution in [-0.4, -0.2) is 31.7 Å². The van der Waals surface area contributed by atoms with E-state index < -0.39 is 6.29 Å². The van der Waals surface area contributed by atoms with Crippen LogP contribution in [0.15, 0.2) is 84.9 Å². The zero-order valence-corrected chi connectivity index (χ0v) is 18.6. The number of benzene rings is 3. The smallest absolute Gasteiger partial charge is 0.202 e. The van der Waals surface area contributed by atoms with Gasteiger partial charge in [-0.3, -0.25) is 0 Å². The lowest BCUT2D eigenvalue weighted by Crippen LogP contribution is -2.50. The van der Waals surface area contributed by atoms with E-state index in [9.17, 15) is 0 Å². The fourth-order valence-electron chi connectivity index (χ4n) is 3.83. The van der Waals surface area contributed by atoms with Gasteiger partial charge in [-0.15, -0.1) is 0 Å². The van der Waals surface area contributed by atoms with Crippen molar-refractivity contribution in [3.05, 3.63) is 96.1 Å². The van der Waals surface area contributed by atoms with Crippen molar-refractivity contribution in [3.8, 4) is 11.5 Å². The maximum absolute atomic E-state index is 6.34. The molecule has 5 nitrogen and oxygen atoms in total. The lowest BCUT2D eigenvalue weighted by atomic mass is 10.0. The van der Waals surface area contributed by atoms with Gasteiger partial charge in [0.05, 0.1) is 32.5 Å². The number of methoxy groups -OCH3 is 1. The molecule has 1 saturated heterocycles. The molecule has 32 heavy (non-hydrogen) atoms. The van der Waals surface area contributed by atoms with Crippen LogP contribution in [0.3, 0.4) is 0 Å². The van der Waals surface area contributed by atoms with Gasteiger partial charge in [0.15, 0.2) is 0 Å². The van der Waals surface area contributed by atoms with Crippen LogP contribution in [0.5, 0.6) is 11.5 Å². The van der Waals surface area contributed by atoms with Crippen molar-refractivity contribution in [1.82, 2.24) is 0 Å². The molecule has 4 atom stereocenters. The maximum Gasteiger partial charge on any atom is 0.202 e. The number of ether oxygens (including phenoxy) is 5. The highest BCUT2D eigenvalue weighted by molar-refractivity contribution is 5.31. The van der Waals surface area contributed by atoms with Gasteiger partial charge in [0.25, 0.3) is 0 Å². The monoisotopic (exact) mass is 434 g/mol. The number of rotatable bonds is 9. The molecule has 3 aromatic rings. The second kappa shape index (κ2) is 11.1. The first kappa shape index (κ1) is 22.3. The molecular weight excluding hydrogens is 404 g/mol. The molecule has 0 radical (unpaired) electrons. The first-order valence-corrected chi connectivity index (χ1v) is 11.0. The molecule has 0 saturated carbocycles. The molecule has 0 N–H and O–H groups in total. The van der Waals surface area contributed by atoms with E-state index in [0.29, 0.717) is 19.6 Å². The summed E-state index contributed by atoms with van der Waals surface area (Å²) in [6, 6.07) is 27.8. The average molecular weight is 435 g/mol. The van der Waals surface area contributed by atoms with Gasteiger partial charge in [-0.1, -0.05) is 60.7 Å². The predicted molar refractivity (Wildman–Crippen MR) is 123 cm³/mol. The summed E-state index contributed by atoms with van der Waals surface area (Å²) >= 11 is 0. The van der Waals surface area contributed by atoms with Crippen molar-refractivity contribution >= 4 is 0 Å². The third-order valence-corrected chi connectivity index (χ3v) is 5.54. The van der Waals surface area contributed by atoms with E-state index in [-0.39, 0.29) is 18.3 Å². The first-order valence-electron chi connectivity index (χ1n) is 11.0. The Bertz CT molecular complexity index is 929. The van der Waals surface area contributed by atoms with E-state index in [1.165, 1.54) is 0 Å². The van der Waals surface area contributed by atoms with E-state index in [0.717, 1.165) is 22.6 Å². The summed E-state index contributed by atoms with van der Waals surface area (Å²) < 4.78 is 30.1. The Morgan fingerprint density at radius 1 is 0.750 bits per heavy atom. The fraction of sp³-hybridized carbons (Fsp3) is 0.333. The minimum Gasteiger partial charge on any atom is -0.497 e. The van der Waals surface area contributed by atoms with Crippen LogP contribution in [0.25, 0.3) is 0 Å². The second-order valence-corrected chi connectivity index (χ2v) is 7.90. The van der Waals surface area contributed by atoms with E-state index in [1.54, 1.807) is 7.11 Å². The van der Waals surface area contributed by atoms with Gasteiger partial charge >= 0.3 is 0 Å². The Labute approximate surface area is 189 Å². The van der Waals surface area contributed by atoms with E-state index in [4.69, 9.17) is 23.7 Å². The fourth-order valence-corrected chi connectivity index (χ4v) is 3.83. The molecular formula is C27H30O5.